The zero-order chi connectivity index (χ0) is 23.4. The molecule has 1 saturated heterocycles. The number of halogens is 1. The average molecular weight is 466 g/mol. The lowest BCUT2D eigenvalue weighted by Crippen LogP contribution is -2.40. The first kappa shape index (κ1) is 22.7. The van der Waals surface area contributed by atoms with Crippen LogP contribution >= 0.6 is 11.6 Å². The summed E-state index contributed by atoms with van der Waals surface area (Å²) in [7, 11) is 1.61. The third-order valence-corrected chi connectivity index (χ3v) is 6.05. The number of carboxylic acid groups (broad SMARTS) is 1. The second-order valence-electron chi connectivity index (χ2n) is 7.83. The van der Waals surface area contributed by atoms with Crippen LogP contribution in [0.1, 0.15) is 28.8 Å². The third-order valence-electron chi connectivity index (χ3n) is 5.72. The Kier molecular flexibility index (Phi) is 6.84. The lowest BCUT2D eigenvalue weighted by atomic mass is 10.0. The number of carbonyl (C=O) groups is 2. The minimum Gasteiger partial charge on any atom is -0.497 e. The molecule has 1 aliphatic heterocycles. The van der Waals surface area contributed by atoms with Crippen LogP contribution in [0.25, 0.3) is 11.1 Å². The van der Waals surface area contributed by atoms with Gasteiger partial charge >= 0.3 is 5.97 Å². The molecule has 0 bridgehead atoms. The van der Waals surface area contributed by atoms with E-state index in [2.05, 4.69) is 0 Å². The van der Waals surface area contributed by atoms with Crippen LogP contribution in [-0.4, -0.2) is 41.6 Å². The molecule has 1 heterocycles. The van der Waals surface area contributed by atoms with Crippen molar-refractivity contribution in [1.82, 2.24) is 4.90 Å². The van der Waals surface area contributed by atoms with Crippen molar-refractivity contribution in [2.75, 3.05) is 13.7 Å². The highest BCUT2D eigenvalue weighted by atomic mass is 35.5. The Hall–Kier alpha value is -3.51. The second-order valence-corrected chi connectivity index (χ2v) is 8.23. The molecule has 170 valence electrons. The van der Waals surface area contributed by atoms with Crippen molar-refractivity contribution < 1.29 is 24.2 Å². The fraction of sp³-hybridized carbons (Fsp3) is 0.231. The van der Waals surface area contributed by atoms with Crippen molar-refractivity contribution >= 4 is 23.5 Å². The normalized spacial score (nSPS) is 15.3. The highest BCUT2D eigenvalue weighted by Crippen LogP contribution is 2.36. The number of hydrogen-bond acceptors (Lipinski definition) is 4. The minimum atomic E-state index is -0.981. The van der Waals surface area contributed by atoms with Crippen molar-refractivity contribution in [3.05, 3.63) is 82.9 Å². The fourth-order valence-corrected chi connectivity index (χ4v) is 4.27. The molecule has 0 aromatic heterocycles. The highest BCUT2D eigenvalue weighted by Gasteiger charge is 2.34. The van der Waals surface area contributed by atoms with Gasteiger partial charge in [-0.15, -0.1) is 0 Å². The molecule has 0 spiro atoms. The number of carboxylic acids is 1. The molecule has 3 aromatic rings. The molecule has 1 N–H and O–H groups in total. The summed E-state index contributed by atoms with van der Waals surface area (Å²) in [6.07, 6.45) is 1.13. The number of aliphatic carboxylic acids is 1. The molecule has 1 aliphatic rings. The Morgan fingerprint density at radius 1 is 1.06 bits per heavy atom. The molecule has 3 aromatic carbocycles. The van der Waals surface area contributed by atoms with E-state index in [-0.39, 0.29) is 5.91 Å². The first-order valence-corrected chi connectivity index (χ1v) is 11.0. The number of carbonyl (C=O) groups excluding carboxylic acids is 1. The number of benzene rings is 3. The molecule has 0 aliphatic carbocycles. The van der Waals surface area contributed by atoms with E-state index >= 15 is 0 Å². The smallest absolute Gasteiger partial charge is 0.326 e. The van der Waals surface area contributed by atoms with E-state index < -0.39 is 12.0 Å². The van der Waals surface area contributed by atoms with Crippen LogP contribution in [0.2, 0.25) is 5.02 Å². The molecule has 6 nitrogen and oxygen atoms in total. The second kappa shape index (κ2) is 9.96. The van der Waals surface area contributed by atoms with Crippen LogP contribution in [0.4, 0.5) is 0 Å². The van der Waals surface area contributed by atoms with Crippen molar-refractivity contribution in [2.24, 2.45) is 0 Å². The standard InChI is InChI=1S/C26H24ClNO5/c1-32-19-7-4-6-17(14-19)16-33-24-12-11-18(15-21(24)20-8-2-3-9-22(20)27)25(29)28-13-5-10-23(28)26(30)31/h2-4,6-9,11-12,14-15,23H,5,10,13,16H2,1H3,(H,30,31). The van der Waals surface area contributed by atoms with E-state index in [1.807, 2.05) is 42.5 Å². The Morgan fingerprint density at radius 3 is 2.64 bits per heavy atom. The summed E-state index contributed by atoms with van der Waals surface area (Å²) in [6, 6.07) is 19.2. The largest absolute Gasteiger partial charge is 0.497 e. The predicted octanol–water partition coefficient (Wildman–Crippen LogP) is 5.28. The molecule has 1 fully saturated rings. The van der Waals surface area contributed by atoms with E-state index in [1.54, 1.807) is 31.4 Å². The van der Waals surface area contributed by atoms with Crippen LogP contribution < -0.4 is 9.47 Å². The van der Waals surface area contributed by atoms with Crippen LogP contribution in [-0.2, 0) is 11.4 Å². The van der Waals surface area contributed by atoms with E-state index in [0.29, 0.717) is 47.9 Å². The van der Waals surface area contributed by atoms with E-state index in [9.17, 15) is 14.7 Å². The number of nitrogens with zero attached hydrogens (tertiary/aromatic N) is 1. The summed E-state index contributed by atoms with van der Waals surface area (Å²) in [6.45, 7) is 0.723. The summed E-state index contributed by atoms with van der Waals surface area (Å²) < 4.78 is 11.4. The predicted molar refractivity (Wildman–Crippen MR) is 126 cm³/mol. The number of likely N-dealkylation sites (tertiary alicyclic amines) is 1. The molecule has 1 unspecified atom stereocenters. The van der Waals surface area contributed by atoms with Crippen molar-refractivity contribution in [2.45, 2.75) is 25.5 Å². The van der Waals surface area contributed by atoms with Gasteiger partial charge in [-0.2, -0.15) is 0 Å². The van der Waals surface area contributed by atoms with Gasteiger partial charge in [0, 0.05) is 28.3 Å². The molecule has 0 saturated carbocycles. The van der Waals surface area contributed by atoms with Crippen LogP contribution in [0.5, 0.6) is 11.5 Å². The van der Waals surface area contributed by atoms with Crippen LogP contribution in [0.3, 0.4) is 0 Å². The summed E-state index contributed by atoms with van der Waals surface area (Å²) in [4.78, 5) is 26.1. The molecular formula is C26H24ClNO5. The fourth-order valence-electron chi connectivity index (χ4n) is 4.03. The zero-order valence-electron chi connectivity index (χ0n) is 18.2. The lowest BCUT2D eigenvalue weighted by molar-refractivity contribution is -0.141. The van der Waals surface area contributed by atoms with Crippen LogP contribution in [0, 0.1) is 0 Å². The van der Waals surface area contributed by atoms with Gasteiger partial charge in [0.2, 0.25) is 0 Å². The third kappa shape index (κ3) is 4.96. The number of ether oxygens (including phenoxy) is 2. The van der Waals surface area contributed by atoms with Gasteiger partial charge in [-0.05, 0) is 54.8 Å². The van der Waals surface area contributed by atoms with Gasteiger partial charge in [0.15, 0.2) is 0 Å². The lowest BCUT2D eigenvalue weighted by Gasteiger charge is -2.22. The molecule has 4 rings (SSSR count). The van der Waals surface area contributed by atoms with Gasteiger partial charge < -0.3 is 19.5 Å². The maximum atomic E-state index is 13.2. The van der Waals surface area contributed by atoms with Gasteiger partial charge in [0.05, 0.1) is 7.11 Å². The molecule has 7 heteroatoms. The zero-order valence-corrected chi connectivity index (χ0v) is 18.9. The van der Waals surface area contributed by atoms with Gasteiger partial charge in [0.1, 0.15) is 24.1 Å². The average Bonchev–Trinajstić information content (AvgIpc) is 3.33. The summed E-state index contributed by atoms with van der Waals surface area (Å²) in [5.41, 5.74) is 2.72. The first-order valence-electron chi connectivity index (χ1n) is 10.7. The van der Waals surface area contributed by atoms with Crippen molar-refractivity contribution in [1.29, 1.82) is 0 Å². The van der Waals surface area contributed by atoms with Crippen molar-refractivity contribution in [3.63, 3.8) is 0 Å². The Balaban J connectivity index is 1.67. The van der Waals surface area contributed by atoms with E-state index in [4.69, 9.17) is 21.1 Å². The molecule has 33 heavy (non-hydrogen) atoms. The summed E-state index contributed by atoms with van der Waals surface area (Å²) >= 11 is 6.47. The Labute approximate surface area is 197 Å². The number of methoxy groups -OCH3 is 1. The number of hydrogen-bond donors (Lipinski definition) is 1. The van der Waals surface area contributed by atoms with Gasteiger partial charge in [-0.3, -0.25) is 4.79 Å². The Bertz CT molecular complexity index is 1180. The topological polar surface area (TPSA) is 76.1 Å². The van der Waals surface area contributed by atoms with E-state index in [0.717, 1.165) is 16.9 Å². The van der Waals surface area contributed by atoms with E-state index in [1.165, 1.54) is 4.90 Å². The quantitative estimate of drug-likeness (QED) is 0.513. The molecule has 0 radical (unpaired) electrons. The van der Waals surface area contributed by atoms with Gasteiger partial charge in [-0.1, -0.05) is 41.9 Å². The van der Waals surface area contributed by atoms with Crippen LogP contribution in [0.15, 0.2) is 66.7 Å². The molecule has 1 atom stereocenters. The first-order chi connectivity index (χ1) is 16.0. The Morgan fingerprint density at radius 2 is 1.88 bits per heavy atom. The highest BCUT2D eigenvalue weighted by molar-refractivity contribution is 6.33. The molecule has 1 amide bonds. The number of rotatable bonds is 7. The maximum Gasteiger partial charge on any atom is 0.326 e. The molecular weight excluding hydrogens is 442 g/mol. The van der Waals surface area contributed by atoms with Crippen molar-refractivity contribution in [3.8, 4) is 22.6 Å². The number of amides is 1. The summed E-state index contributed by atoms with van der Waals surface area (Å²) in [5, 5.41) is 9.99. The SMILES string of the molecule is COc1cccc(COc2ccc(C(=O)N3CCCC3C(=O)O)cc2-c2ccccc2Cl)c1. The van der Waals surface area contributed by atoms with Gasteiger partial charge in [0.25, 0.3) is 5.91 Å². The minimum absolute atomic E-state index is 0.301. The van der Waals surface area contributed by atoms with Gasteiger partial charge in [-0.25, -0.2) is 4.79 Å². The monoisotopic (exact) mass is 465 g/mol. The summed E-state index contributed by atoms with van der Waals surface area (Å²) in [5.74, 6) is 0.0126. The maximum absolute atomic E-state index is 13.2.